The van der Waals surface area contributed by atoms with Crippen LogP contribution in [-0.2, 0) is 22.7 Å². The molecule has 2 unspecified atom stereocenters. The molecule has 0 aromatic heterocycles. The standard InChI is InChI=1S/C22H27N3O3.C20H23N3O3/c1-4-16-13-21(26)25(14-15-6-9-18(23)10-7-15)24-22(16)17-8-11-19(27-3)20(12-17)28-5-2;1-3-14-11-19(25)23(12-13-4-7-16(21)8-5-13)22-20(14)15-6-9-18(26-2)17(24)10-15/h6-12,16H,4-5,13-14,23H2,1-3H3;4-10,14,24H,3,11-12,21H2,1-2H3. The van der Waals surface area contributed by atoms with Crippen molar-refractivity contribution in [2.75, 3.05) is 32.3 Å². The number of ether oxygens (including phenoxy) is 3. The van der Waals surface area contributed by atoms with Crippen LogP contribution < -0.4 is 25.7 Å². The third-order valence-electron chi connectivity index (χ3n) is 9.49. The number of amides is 2. The van der Waals surface area contributed by atoms with Crippen molar-refractivity contribution >= 4 is 34.6 Å². The minimum absolute atomic E-state index is 0.00448. The molecule has 4 aromatic carbocycles. The fourth-order valence-corrected chi connectivity index (χ4v) is 6.42. The van der Waals surface area contributed by atoms with Crippen LogP contribution in [0.5, 0.6) is 23.0 Å². The van der Waals surface area contributed by atoms with Crippen molar-refractivity contribution < 1.29 is 28.9 Å². The molecule has 0 spiro atoms. The summed E-state index contributed by atoms with van der Waals surface area (Å²) in [4.78, 5) is 25.1. The third-order valence-corrected chi connectivity index (χ3v) is 9.49. The topological polar surface area (TPSA) is 165 Å². The molecule has 5 N–H and O–H groups in total. The Balaban J connectivity index is 0.000000208. The summed E-state index contributed by atoms with van der Waals surface area (Å²) in [6.07, 6.45) is 2.49. The van der Waals surface area contributed by atoms with Crippen LogP contribution >= 0.6 is 0 Å². The molecule has 0 saturated heterocycles. The number of hydrogen-bond donors (Lipinski definition) is 3. The highest BCUT2D eigenvalue weighted by atomic mass is 16.5. The van der Waals surface area contributed by atoms with E-state index in [0.29, 0.717) is 61.2 Å². The molecule has 12 nitrogen and oxygen atoms in total. The van der Waals surface area contributed by atoms with Crippen LogP contribution in [0, 0.1) is 11.8 Å². The van der Waals surface area contributed by atoms with E-state index in [0.717, 1.165) is 46.5 Å². The van der Waals surface area contributed by atoms with Gasteiger partial charge in [-0.1, -0.05) is 38.1 Å². The first-order chi connectivity index (χ1) is 26.1. The Labute approximate surface area is 317 Å². The molecule has 284 valence electrons. The van der Waals surface area contributed by atoms with Crippen LogP contribution in [0.1, 0.15) is 68.7 Å². The van der Waals surface area contributed by atoms with Gasteiger partial charge < -0.3 is 30.8 Å². The second kappa shape index (κ2) is 18.1. The number of benzene rings is 4. The predicted octanol–water partition coefficient (Wildman–Crippen LogP) is 6.98. The van der Waals surface area contributed by atoms with E-state index in [-0.39, 0.29) is 29.4 Å². The molecule has 0 aliphatic carbocycles. The Hall–Kier alpha value is -6.04. The van der Waals surface area contributed by atoms with Crippen LogP contribution in [0.3, 0.4) is 0 Å². The van der Waals surface area contributed by atoms with Crippen molar-refractivity contribution in [2.24, 2.45) is 22.0 Å². The molecule has 2 heterocycles. The Morgan fingerprint density at radius 2 is 1.09 bits per heavy atom. The highest BCUT2D eigenvalue weighted by molar-refractivity contribution is 6.07. The van der Waals surface area contributed by atoms with Crippen molar-refractivity contribution in [2.45, 2.75) is 59.5 Å². The van der Waals surface area contributed by atoms with Gasteiger partial charge in [-0.2, -0.15) is 10.2 Å². The summed E-state index contributed by atoms with van der Waals surface area (Å²) in [5.41, 5.74) is 18.3. The summed E-state index contributed by atoms with van der Waals surface area (Å²) in [6.45, 7) is 7.41. The summed E-state index contributed by atoms with van der Waals surface area (Å²) in [5.74, 6) is 1.97. The maximum absolute atomic E-state index is 12.6. The number of phenols is 1. The van der Waals surface area contributed by atoms with E-state index in [4.69, 9.17) is 30.8 Å². The Kier molecular flexibility index (Phi) is 13.2. The second-order valence-electron chi connectivity index (χ2n) is 13.2. The van der Waals surface area contributed by atoms with Gasteiger partial charge in [0, 0.05) is 47.2 Å². The molecule has 54 heavy (non-hydrogen) atoms. The van der Waals surface area contributed by atoms with Gasteiger partial charge in [-0.05, 0) is 91.6 Å². The van der Waals surface area contributed by atoms with Crippen LogP contribution in [0.4, 0.5) is 11.4 Å². The molecule has 2 amide bonds. The normalized spacial score (nSPS) is 16.9. The van der Waals surface area contributed by atoms with Gasteiger partial charge in [-0.15, -0.1) is 0 Å². The smallest absolute Gasteiger partial charge is 0.243 e. The van der Waals surface area contributed by atoms with Gasteiger partial charge in [-0.3, -0.25) is 9.59 Å². The van der Waals surface area contributed by atoms with E-state index in [1.54, 1.807) is 24.3 Å². The average Bonchev–Trinajstić information content (AvgIpc) is 3.18. The molecule has 6 rings (SSSR count). The van der Waals surface area contributed by atoms with E-state index in [1.165, 1.54) is 12.1 Å². The van der Waals surface area contributed by atoms with Crippen molar-refractivity contribution in [3.05, 3.63) is 107 Å². The zero-order valence-corrected chi connectivity index (χ0v) is 31.6. The van der Waals surface area contributed by atoms with Gasteiger partial charge in [0.1, 0.15) is 0 Å². The van der Waals surface area contributed by atoms with Gasteiger partial charge in [0.05, 0.1) is 45.3 Å². The van der Waals surface area contributed by atoms with Crippen LogP contribution in [0.15, 0.2) is 95.1 Å². The lowest BCUT2D eigenvalue weighted by molar-refractivity contribution is -0.134. The summed E-state index contributed by atoms with van der Waals surface area (Å²) < 4.78 is 16.2. The highest BCUT2D eigenvalue weighted by Gasteiger charge is 2.31. The molecular weight excluding hydrogens is 684 g/mol. The number of hydrogen-bond acceptors (Lipinski definition) is 10. The lowest BCUT2D eigenvalue weighted by atomic mass is 9.89. The van der Waals surface area contributed by atoms with Gasteiger partial charge in [-0.25, -0.2) is 10.0 Å². The van der Waals surface area contributed by atoms with E-state index < -0.39 is 0 Å². The quantitative estimate of drug-likeness (QED) is 0.131. The first-order valence-electron chi connectivity index (χ1n) is 18.2. The number of anilines is 2. The van der Waals surface area contributed by atoms with E-state index in [9.17, 15) is 14.7 Å². The van der Waals surface area contributed by atoms with Crippen LogP contribution in [0.2, 0.25) is 0 Å². The Morgan fingerprint density at radius 3 is 1.50 bits per heavy atom. The maximum Gasteiger partial charge on any atom is 0.243 e. The van der Waals surface area contributed by atoms with E-state index in [2.05, 4.69) is 12.0 Å². The molecule has 2 aliphatic rings. The monoisotopic (exact) mass is 734 g/mol. The van der Waals surface area contributed by atoms with Crippen molar-refractivity contribution in [1.29, 1.82) is 0 Å². The fraction of sp³-hybridized carbons (Fsp3) is 0.333. The zero-order valence-electron chi connectivity index (χ0n) is 31.6. The van der Waals surface area contributed by atoms with Gasteiger partial charge in [0.2, 0.25) is 11.8 Å². The number of nitrogen functional groups attached to an aromatic ring is 2. The fourth-order valence-electron chi connectivity index (χ4n) is 6.42. The molecule has 0 saturated carbocycles. The summed E-state index contributed by atoms with van der Waals surface area (Å²) in [7, 11) is 3.13. The first kappa shape index (κ1) is 39.2. The lowest BCUT2D eigenvalue weighted by Gasteiger charge is -2.29. The minimum Gasteiger partial charge on any atom is -0.504 e. The highest BCUT2D eigenvalue weighted by Crippen LogP contribution is 2.33. The number of carbonyl (C=O) groups excluding carboxylic acids is 2. The minimum atomic E-state index is -0.00448. The number of aromatic hydroxyl groups is 1. The van der Waals surface area contributed by atoms with Crippen LogP contribution in [0.25, 0.3) is 0 Å². The number of nitrogens with two attached hydrogens (primary N) is 2. The number of nitrogens with zero attached hydrogens (tertiary/aromatic N) is 4. The maximum atomic E-state index is 12.6. The third kappa shape index (κ3) is 9.49. The second-order valence-corrected chi connectivity index (χ2v) is 13.2. The number of phenolic OH excluding ortho intramolecular Hbond substituents is 1. The number of hydrazone groups is 2. The first-order valence-corrected chi connectivity index (χ1v) is 18.2. The largest absolute Gasteiger partial charge is 0.504 e. The molecular formula is C42H50N6O6. The molecule has 0 bridgehead atoms. The van der Waals surface area contributed by atoms with Crippen LogP contribution in [-0.4, -0.2) is 59.2 Å². The zero-order chi connectivity index (χ0) is 38.8. The van der Waals surface area contributed by atoms with Gasteiger partial charge in [0.25, 0.3) is 0 Å². The van der Waals surface area contributed by atoms with Crippen molar-refractivity contribution in [1.82, 2.24) is 10.0 Å². The van der Waals surface area contributed by atoms with Crippen molar-refractivity contribution in [3.63, 3.8) is 0 Å². The van der Waals surface area contributed by atoms with E-state index >= 15 is 0 Å². The summed E-state index contributed by atoms with van der Waals surface area (Å²) in [6, 6.07) is 25.9. The lowest BCUT2D eigenvalue weighted by Crippen LogP contribution is -2.36. The van der Waals surface area contributed by atoms with Gasteiger partial charge in [0.15, 0.2) is 23.0 Å². The SMILES string of the molecule is CCC1CC(=O)N(Cc2ccc(N)cc2)N=C1c1ccc(OC)c(O)c1.CCOc1cc(C2=NN(Cc3ccc(N)cc3)C(=O)CC2CC)ccc1OC. The molecule has 0 radical (unpaired) electrons. The number of carbonyl (C=O) groups is 2. The Morgan fingerprint density at radius 1 is 0.648 bits per heavy atom. The average molecular weight is 735 g/mol. The molecule has 2 atom stereocenters. The molecule has 12 heteroatoms. The Bertz CT molecular complexity index is 1980. The summed E-state index contributed by atoms with van der Waals surface area (Å²) in [5, 5.41) is 22.5. The molecule has 2 aliphatic heterocycles. The van der Waals surface area contributed by atoms with Crippen molar-refractivity contribution in [3.8, 4) is 23.0 Å². The van der Waals surface area contributed by atoms with E-state index in [1.807, 2.05) is 86.6 Å². The number of rotatable bonds is 12. The predicted molar refractivity (Wildman–Crippen MR) is 212 cm³/mol. The molecule has 4 aromatic rings. The number of methoxy groups -OCH3 is 2. The summed E-state index contributed by atoms with van der Waals surface area (Å²) >= 11 is 0. The van der Waals surface area contributed by atoms with Gasteiger partial charge >= 0.3 is 0 Å². The molecule has 0 fully saturated rings.